The average molecular weight is 307 g/mol. The minimum absolute atomic E-state index is 0. The Hall–Kier alpha value is -2.27. The Kier molecular flexibility index (Phi) is 5.00. The lowest BCUT2D eigenvalue weighted by molar-refractivity contribution is 0.102. The molecule has 0 bridgehead atoms. The van der Waals surface area contributed by atoms with E-state index in [2.05, 4.69) is 10.3 Å². The van der Waals surface area contributed by atoms with Gasteiger partial charge < -0.3 is 14.8 Å². The van der Waals surface area contributed by atoms with Gasteiger partial charge in [0.05, 0.1) is 18.8 Å². The highest BCUT2D eigenvalue weighted by Crippen LogP contribution is 2.32. The van der Waals surface area contributed by atoms with Crippen molar-refractivity contribution in [2.45, 2.75) is 6.42 Å². The number of anilines is 1. The fourth-order valence-corrected chi connectivity index (χ4v) is 1.94. The van der Waals surface area contributed by atoms with Crippen LogP contribution in [0.2, 0.25) is 0 Å². The molecule has 0 saturated carbocycles. The van der Waals surface area contributed by atoms with Gasteiger partial charge in [-0.15, -0.1) is 12.4 Å². The molecule has 1 aromatic heterocycles. The number of hydrogen-bond donors (Lipinski definition) is 1. The fourth-order valence-electron chi connectivity index (χ4n) is 1.94. The number of carbonyl (C=O) groups is 1. The molecule has 0 saturated heterocycles. The number of carbonyl (C=O) groups excluding carboxylic acids is 1. The SMILES string of the molecule is Cl.O=C(Nc1ccc2c(c1)OCCCO2)c1cccnc1. The molecule has 1 aliphatic heterocycles. The van der Waals surface area contributed by atoms with E-state index >= 15 is 0 Å². The zero-order valence-electron chi connectivity index (χ0n) is 11.2. The fraction of sp³-hybridized carbons (Fsp3) is 0.200. The molecule has 2 aromatic rings. The second-order valence-electron chi connectivity index (χ2n) is 4.41. The minimum atomic E-state index is -0.201. The van der Waals surface area contributed by atoms with Crippen molar-refractivity contribution in [3.8, 4) is 11.5 Å². The minimum Gasteiger partial charge on any atom is -0.490 e. The molecule has 6 heteroatoms. The summed E-state index contributed by atoms with van der Waals surface area (Å²) < 4.78 is 11.1. The van der Waals surface area contributed by atoms with Crippen molar-refractivity contribution in [3.05, 3.63) is 48.3 Å². The Morgan fingerprint density at radius 2 is 1.95 bits per heavy atom. The van der Waals surface area contributed by atoms with Gasteiger partial charge in [0, 0.05) is 30.6 Å². The molecule has 21 heavy (non-hydrogen) atoms. The summed E-state index contributed by atoms with van der Waals surface area (Å²) in [6.45, 7) is 1.27. The highest BCUT2D eigenvalue weighted by molar-refractivity contribution is 6.04. The number of ether oxygens (including phenoxy) is 2. The molecule has 0 radical (unpaired) electrons. The highest BCUT2D eigenvalue weighted by atomic mass is 35.5. The van der Waals surface area contributed by atoms with Crippen LogP contribution in [0, 0.1) is 0 Å². The van der Waals surface area contributed by atoms with E-state index in [9.17, 15) is 4.79 Å². The molecule has 0 unspecified atom stereocenters. The molecule has 1 aromatic carbocycles. The molecule has 1 N–H and O–H groups in total. The molecular formula is C15H15ClN2O3. The van der Waals surface area contributed by atoms with E-state index in [1.807, 2.05) is 0 Å². The van der Waals surface area contributed by atoms with Crippen molar-refractivity contribution in [2.75, 3.05) is 18.5 Å². The first-order valence-corrected chi connectivity index (χ1v) is 6.44. The Labute approximate surface area is 128 Å². The molecule has 0 fully saturated rings. The van der Waals surface area contributed by atoms with Crippen LogP contribution < -0.4 is 14.8 Å². The summed E-state index contributed by atoms with van der Waals surface area (Å²) in [5, 5.41) is 2.81. The summed E-state index contributed by atoms with van der Waals surface area (Å²) in [4.78, 5) is 16.0. The van der Waals surface area contributed by atoms with E-state index in [-0.39, 0.29) is 18.3 Å². The topological polar surface area (TPSA) is 60.5 Å². The van der Waals surface area contributed by atoms with Crippen molar-refractivity contribution < 1.29 is 14.3 Å². The first-order chi connectivity index (χ1) is 9.83. The standard InChI is InChI=1S/C15H14N2O3.ClH/c18-15(11-3-1-6-16-10-11)17-12-4-5-13-14(9-12)20-8-2-7-19-13;/h1,3-6,9-10H,2,7-8H2,(H,17,18);1H. The second kappa shape index (κ2) is 6.95. The van der Waals surface area contributed by atoms with Crippen LogP contribution in [0.5, 0.6) is 11.5 Å². The number of pyridine rings is 1. The lowest BCUT2D eigenvalue weighted by atomic mass is 10.2. The van der Waals surface area contributed by atoms with Crippen LogP contribution in [-0.4, -0.2) is 24.1 Å². The molecule has 5 nitrogen and oxygen atoms in total. The quantitative estimate of drug-likeness (QED) is 0.926. The largest absolute Gasteiger partial charge is 0.490 e. The zero-order valence-corrected chi connectivity index (χ0v) is 12.1. The maximum atomic E-state index is 12.0. The third-order valence-electron chi connectivity index (χ3n) is 2.93. The van der Waals surface area contributed by atoms with Gasteiger partial charge in [0.15, 0.2) is 11.5 Å². The normalized spacial score (nSPS) is 12.8. The summed E-state index contributed by atoms with van der Waals surface area (Å²) in [5.74, 6) is 1.17. The van der Waals surface area contributed by atoms with Gasteiger partial charge in [0.2, 0.25) is 0 Å². The number of amides is 1. The highest BCUT2D eigenvalue weighted by Gasteiger charge is 2.12. The van der Waals surface area contributed by atoms with Gasteiger partial charge in [0.25, 0.3) is 5.91 Å². The lowest BCUT2D eigenvalue weighted by Gasteiger charge is -2.10. The van der Waals surface area contributed by atoms with Crippen molar-refractivity contribution >= 4 is 24.0 Å². The summed E-state index contributed by atoms with van der Waals surface area (Å²) in [6.07, 6.45) is 4.01. The average Bonchev–Trinajstić information content (AvgIpc) is 2.73. The van der Waals surface area contributed by atoms with E-state index in [1.165, 1.54) is 6.20 Å². The molecule has 3 rings (SSSR count). The molecule has 110 valence electrons. The predicted molar refractivity (Wildman–Crippen MR) is 81.5 cm³/mol. The maximum Gasteiger partial charge on any atom is 0.257 e. The second-order valence-corrected chi connectivity index (χ2v) is 4.41. The van der Waals surface area contributed by atoms with Crippen LogP contribution >= 0.6 is 12.4 Å². The van der Waals surface area contributed by atoms with E-state index in [1.54, 1.807) is 36.5 Å². The Bertz CT molecular complexity index is 620. The monoisotopic (exact) mass is 306 g/mol. The van der Waals surface area contributed by atoms with Crippen molar-refractivity contribution in [1.29, 1.82) is 0 Å². The van der Waals surface area contributed by atoms with Gasteiger partial charge >= 0.3 is 0 Å². The maximum absolute atomic E-state index is 12.0. The van der Waals surface area contributed by atoms with Gasteiger partial charge in [-0.3, -0.25) is 9.78 Å². The van der Waals surface area contributed by atoms with E-state index in [4.69, 9.17) is 9.47 Å². The lowest BCUT2D eigenvalue weighted by Crippen LogP contribution is -2.12. The van der Waals surface area contributed by atoms with E-state index in [0.717, 1.165) is 6.42 Å². The Morgan fingerprint density at radius 1 is 1.14 bits per heavy atom. The predicted octanol–water partition coefficient (Wildman–Crippen LogP) is 2.92. The zero-order chi connectivity index (χ0) is 13.8. The first-order valence-electron chi connectivity index (χ1n) is 6.44. The van der Waals surface area contributed by atoms with Crippen LogP contribution in [-0.2, 0) is 0 Å². The molecular weight excluding hydrogens is 292 g/mol. The number of nitrogens with zero attached hydrogens (tertiary/aromatic N) is 1. The first kappa shape index (κ1) is 15.1. The number of fused-ring (bicyclic) bond motifs is 1. The van der Waals surface area contributed by atoms with Crippen LogP contribution in [0.4, 0.5) is 5.69 Å². The van der Waals surface area contributed by atoms with Crippen molar-refractivity contribution in [2.24, 2.45) is 0 Å². The summed E-state index contributed by atoms with van der Waals surface area (Å²) >= 11 is 0. The van der Waals surface area contributed by atoms with Crippen LogP contribution in [0.15, 0.2) is 42.7 Å². The number of benzene rings is 1. The van der Waals surface area contributed by atoms with E-state index in [0.29, 0.717) is 36.0 Å². The van der Waals surface area contributed by atoms with Crippen molar-refractivity contribution in [1.82, 2.24) is 4.98 Å². The van der Waals surface area contributed by atoms with Gasteiger partial charge in [0.1, 0.15) is 0 Å². The number of nitrogens with one attached hydrogen (secondary N) is 1. The van der Waals surface area contributed by atoms with Crippen LogP contribution in [0.25, 0.3) is 0 Å². The van der Waals surface area contributed by atoms with Gasteiger partial charge in [-0.1, -0.05) is 0 Å². The molecule has 0 aliphatic carbocycles. The third kappa shape index (κ3) is 3.64. The number of aromatic nitrogens is 1. The number of hydrogen-bond acceptors (Lipinski definition) is 4. The van der Waals surface area contributed by atoms with Gasteiger partial charge in [-0.25, -0.2) is 0 Å². The molecule has 1 amide bonds. The molecule has 0 spiro atoms. The van der Waals surface area contributed by atoms with Gasteiger partial charge in [-0.05, 0) is 24.3 Å². The molecule has 2 heterocycles. The van der Waals surface area contributed by atoms with Crippen LogP contribution in [0.1, 0.15) is 16.8 Å². The van der Waals surface area contributed by atoms with Crippen LogP contribution in [0.3, 0.4) is 0 Å². The van der Waals surface area contributed by atoms with Crippen molar-refractivity contribution in [3.63, 3.8) is 0 Å². The van der Waals surface area contributed by atoms with Gasteiger partial charge in [-0.2, -0.15) is 0 Å². The van der Waals surface area contributed by atoms with E-state index < -0.39 is 0 Å². The smallest absolute Gasteiger partial charge is 0.257 e. The molecule has 1 aliphatic rings. The Morgan fingerprint density at radius 3 is 2.71 bits per heavy atom. The summed E-state index contributed by atoms with van der Waals surface area (Å²) in [5.41, 5.74) is 1.18. The summed E-state index contributed by atoms with van der Waals surface area (Å²) in [6, 6.07) is 8.81. The Balaban J connectivity index is 0.00000161. The number of halogens is 1. The summed E-state index contributed by atoms with van der Waals surface area (Å²) in [7, 11) is 0. The molecule has 0 atom stereocenters. The number of rotatable bonds is 2. The third-order valence-corrected chi connectivity index (χ3v) is 2.93.